The van der Waals surface area contributed by atoms with Crippen LogP contribution in [0.5, 0.6) is 0 Å². The SMILES string of the molecule is O=C(NC1CCCC2(C1)OCCO2)C1CCN(C(=O)c2ccccc2)CC1. The average molecular weight is 372 g/mol. The lowest BCUT2D eigenvalue weighted by atomic mass is 9.88. The molecule has 6 heteroatoms. The first-order chi connectivity index (χ1) is 13.2. The van der Waals surface area contributed by atoms with Gasteiger partial charge in [-0.2, -0.15) is 0 Å². The van der Waals surface area contributed by atoms with Gasteiger partial charge in [0.2, 0.25) is 5.91 Å². The molecule has 2 saturated heterocycles. The molecule has 0 aromatic heterocycles. The summed E-state index contributed by atoms with van der Waals surface area (Å²) in [6, 6.07) is 9.46. The van der Waals surface area contributed by atoms with Gasteiger partial charge >= 0.3 is 0 Å². The molecular formula is C21H28N2O4. The number of piperidine rings is 1. The van der Waals surface area contributed by atoms with Gasteiger partial charge in [-0.1, -0.05) is 18.2 Å². The number of nitrogens with one attached hydrogen (secondary N) is 1. The highest BCUT2D eigenvalue weighted by Gasteiger charge is 2.42. The number of carbonyl (C=O) groups is 2. The van der Waals surface area contributed by atoms with E-state index in [-0.39, 0.29) is 23.8 Å². The van der Waals surface area contributed by atoms with Crippen molar-refractivity contribution in [3.05, 3.63) is 35.9 Å². The molecule has 3 fully saturated rings. The number of ether oxygens (including phenoxy) is 2. The van der Waals surface area contributed by atoms with Crippen LogP contribution in [0.25, 0.3) is 0 Å². The molecule has 0 bridgehead atoms. The number of likely N-dealkylation sites (tertiary alicyclic amines) is 1. The summed E-state index contributed by atoms with van der Waals surface area (Å²) >= 11 is 0. The summed E-state index contributed by atoms with van der Waals surface area (Å²) in [6.45, 7) is 2.56. The molecule has 3 aliphatic rings. The number of hydrogen-bond donors (Lipinski definition) is 1. The quantitative estimate of drug-likeness (QED) is 0.884. The van der Waals surface area contributed by atoms with E-state index in [0.717, 1.165) is 38.5 Å². The zero-order chi connectivity index (χ0) is 18.7. The lowest BCUT2D eigenvalue weighted by Crippen LogP contribution is -2.49. The van der Waals surface area contributed by atoms with Gasteiger partial charge in [0.05, 0.1) is 13.2 Å². The first kappa shape index (κ1) is 18.4. The third-order valence-electron chi connectivity index (χ3n) is 6.00. The molecule has 6 nitrogen and oxygen atoms in total. The van der Waals surface area contributed by atoms with Crippen molar-refractivity contribution in [3.63, 3.8) is 0 Å². The molecule has 2 heterocycles. The van der Waals surface area contributed by atoms with E-state index < -0.39 is 5.79 Å². The standard InChI is InChI=1S/C21H28N2O4/c24-19(22-18-7-4-10-21(15-18)26-13-14-27-21)16-8-11-23(12-9-16)20(25)17-5-2-1-3-6-17/h1-3,5-6,16,18H,4,7-15H2,(H,22,24). The van der Waals surface area contributed by atoms with Gasteiger partial charge in [0, 0.05) is 43.5 Å². The maximum atomic E-state index is 12.7. The van der Waals surface area contributed by atoms with Gasteiger partial charge in [0.25, 0.3) is 5.91 Å². The summed E-state index contributed by atoms with van der Waals surface area (Å²) in [5.41, 5.74) is 0.712. The van der Waals surface area contributed by atoms with Gasteiger partial charge < -0.3 is 19.7 Å². The topological polar surface area (TPSA) is 67.9 Å². The lowest BCUT2D eigenvalue weighted by Gasteiger charge is -2.37. The molecule has 1 aromatic carbocycles. The van der Waals surface area contributed by atoms with Gasteiger partial charge in [-0.05, 0) is 37.8 Å². The largest absolute Gasteiger partial charge is 0.353 e. The normalized spacial score (nSPS) is 25.5. The van der Waals surface area contributed by atoms with Crippen LogP contribution in [0.4, 0.5) is 0 Å². The molecule has 1 atom stereocenters. The summed E-state index contributed by atoms with van der Waals surface area (Å²) in [5.74, 6) is -0.323. The monoisotopic (exact) mass is 372 g/mol. The van der Waals surface area contributed by atoms with Crippen molar-refractivity contribution < 1.29 is 19.1 Å². The smallest absolute Gasteiger partial charge is 0.253 e. The van der Waals surface area contributed by atoms with Crippen molar-refractivity contribution in [2.24, 2.45) is 5.92 Å². The molecule has 2 amide bonds. The van der Waals surface area contributed by atoms with Crippen LogP contribution in [0.1, 0.15) is 48.9 Å². The average Bonchev–Trinajstić information content (AvgIpc) is 3.15. The number of nitrogens with zero attached hydrogens (tertiary/aromatic N) is 1. The Labute approximate surface area is 160 Å². The Bertz CT molecular complexity index is 664. The molecule has 27 heavy (non-hydrogen) atoms. The second-order valence-electron chi connectivity index (χ2n) is 7.84. The predicted octanol–water partition coefficient (Wildman–Crippen LogP) is 2.34. The fraction of sp³-hybridized carbons (Fsp3) is 0.619. The van der Waals surface area contributed by atoms with E-state index in [9.17, 15) is 9.59 Å². The number of amides is 2. The first-order valence-corrected chi connectivity index (χ1v) is 10.1. The minimum absolute atomic E-state index is 0.0203. The molecule has 1 aromatic rings. The maximum absolute atomic E-state index is 12.7. The predicted molar refractivity (Wildman–Crippen MR) is 100 cm³/mol. The highest BCUT2D eigenvalue weighted by Crippen LogP contribution is 2.36. The minimum Gasteiger partial charge on any atom is -0.353 e. The van der Waals surface area contributed by atoms with Crippen LogP contribution in [-0.4, -0.2) is 54.8 Å². The molecule has 1 aliphatic carbocycles. The number of rotatable bonds is 3. The zero-order valence-corrected chi connectivity index (χ0v) is 15.7. The van der Waals surface area contributed by atoms with Crippen molar-refractivity contribution in [2.45, 2.75) is 50.4 Å². The summed E-state index contributed by atoms with van der Waals surface area (Å²) in [7, 11) is 0. The maximum Gasteiger partial charge on any atom is 0.253 e. The second kappa shape index (κ2) is 7.98. The molecule has 1 saturated carbocycles. The van der Waals surface area contributed by atoms with Crippen molar-refractivity contribution in [1.82, 2.24) is 10.2 Å². The Kier molecular flexibility index (Phi) is 5.45. The molecule has 1 unspecified atom stereocenters. The van der Waals surface area contributed by atoms with Crippen molar-refractivity contribution in [3.8, 4) is 0 Å². The number of carbonyl (C=O) groups excluding carboxylic acids is 2. The summed E-state index contributed by atoms with van der Waals surface area (Å²) in [5, 5.41) is 3.21. The molecule has 0 radical (unpaired) electrons. The molecule has 1 N–H and O–H groups in total. The molecular weight excluding hydrogens is 344 g/mol. The second-order valence-corrected chi connectivity index (χ2v) is 7.84. The van der Waals surface area contributed by atoms with Crippen LogP contribution in [0.2, 0.25) is 0 Å². The Hall–Kier alpha value is -1.92. The molecule has 1 spiro atoms. The van der Waals surface area contributed by atoms with Crippen LogP contribution in [-0.2, 0) is 14.3 Å². The van der Waals surface area contributed by atoms with E-state index in [1.54, 1.807) is 0 Å². The van der Waals surface area contributed by atoms with Crippen LogP contribution in [0.3, 0.4) is 0 Å². The van der Waals surface area contributed by atoms with Crippen molar-refractivity contribution >= 4 is 11.8 Å². The fourth-order valence-electron chi connectivity index (χ4n) is 4.51. The molecule has 146 valence electrons. The van der Waals surface area contributed by atoms with Gasteiger partial charge in [-0.3, -0.25) is 9.59 Å². The van der Waals surface area contributed by atoms with Gasteiger partial charge in [0.1, 0.15) is 0 Å². The van der Waals surface area contributed by atoms with E-state index in [1.165, 1.54) is 0 Å². The van der Waals surface area contributed by atoms with Crippen LogP contribution < -0.4 is 5.32 Å². The highest BCUT2D eigenvalue weighted by molar-refractivity contribution is 5.94. The minimum atomic E-state index is -0.471. The third-order valence-corrected chi connectivity index (χ3v) is 6.00. The Morgan fingerprint density at radius 1 is 1.04 bits per heavy atom. The van der Waals surface area contributed by atoms with Crippen molar-refractivity contribution in [2.75, 3.05) is 26.3 Å². The third kappa shape index (κ3) is 4.17. The summed E-state index contributed by atoms with van der Waals surface area (Å²) in [4.78, 5) is 27.1. The van der Waals surface area contributed by atoms with Gasteiger partial charge in [0.15, 0.2) is 5.79 Å². The zero-order valence-electron chi connectivity index (χ0n) is 15.7. The molecule has 2 aliphatic heterocycles. The fourth-order valence-corrected chi connectivity index (χ4v) is 4.51. The van der Waals surface area contributed by atoms with E-state index >= 15 is 0 Å². The number of benzene rings is 1. The summed E-state index contributed by atoms with van der Waals surface area (Å²) < 4.78 is 11.6. The van der Waals surface area contributed by atoms with E-state index in [1.807, 2.05) is 35.2 Å². The highest BCUT2D eigenvalue weighted by atomic mass is 16.7. The Morgan fingerprint density at radius 3 is 2.44 bits per heavy atom. The van der Waals surface area contributed by atoms with Gasteiger partial charge in [-0.15, -0.1) is 0 Å². The Balaban J connectivity index is 1.27. The van der Waals surface area contributed by atoms with E-state index in [2.05, 4.69) is 5.32 Å². The van der Waals surface area contributed by atoms with Crippen LogP contribution in [0, 0.1) is 5.92 Å². The van der Waals surface area contributed by atoms with Crippen LogP contribution >= 0.6 is 0 Å². The van der Waals surface area contributed by atoms with E-state index in [4.69, 9.17) is 9.47 Å². The van der Waals surface area contributed by atoms with E-state index in [0.29, 0.717) is 31.9 Å². The Morgan fingerprint density at radius 2 is 1.74 bits per heavy atom. The molecule has 4 rings (SSSR count). The first-order valence-electron chi connectivity index (χ1n) is 10.1. The van der Waals surface area contributed by atoms with Crippen LogP contribution in [0.15, 0.2) is 30.3 Å². The summed E-state index contributed by atoms with van der Waals surface area (Å²) in [6.07, 6.45) is 5.08. The van der Waals surface area contributed by atoms with Crippen molar-refractivity contribution in [1.29, 1.82) is 0 Å². The number of hydrogen-bond acceptors (Lipinski definition) is 4. The lowest BCUT2D eigenvalue weighted by molar-refractivity contribution is -0.182. The van der Waals surface area contributed by atoms with Gasteiger partial charge in [-0.25, -0.2) is 0 Å².